The first-order valence-electron chi connectivity index (χ1n) is 2.85. The molecule has 0 atom stereocenters. The Morgan fingerprint density at radius 3 is 2.36 bits per heavy atom. The third-order valence-electron chi connectivity index (χ3n) is 0.849. The normalized spacial score (nSPS) is 12.1. The van der Waals surface area contributed by atoms with Crippen LogP contribution in [0.5, 0.6) is 0 Å². The summed E-state index contributed by atoms with van der Waals surface area (Å²) >= 11 is 0. The molecule has 0 saturated heterocycles. The van der Waals surface area contributed by atoms with Crippen LogP contribution in [-0.4, -0.2) is 25.6 Å². The van der Waals surface area contributed by atoms with Gasteiger partial charge in [-0.05, 0) is 0 Å². The average molecular weight is 172 g/mol. The summed E-state index contributed by atoms with van der Waals surface area (Å²) in [6.07, 6.45) is -2.46. The van der Waals surface area contributed by atoms with E-state index in [2.05, 4.69) is 11.3 Å². The lowest BCUT2D eigenvalue weighted by Gasteiger charge is -2.13. The van der Waals surface area contributed by atoms with Crippen LogP contribution in [0, 0.1) is 0 Å². The predicted octanol–water partition coefficient (Wildman–Crippen LogP) is 2.09. The van der Waals surface area contributed by atoms with Crippen molar-refractivity contribution in [2.45, 2.75) is 12.3 Å². The fourth-order valence-electron chi connectivity index (χ4n) is 0.341. The quantitative estimate of drug-likeness (QED) is 0.350. The maximum absolute atomic E-state index is 12.0. The van der Waals surface area contributed by atoms with Crippen LogP contribution in [0.2, 0.25) is 0 Å². The van der Waals surface area contributed by atoms with Gasteiger partial charge in [0.25, 0.3) is 0 Å². The van der Waals surface area contributed by atoms with Gasteiger partial charge in [-0.2, -0.15) is 8.78 Å². The van der Waals surface area contributed by atoms with Crippen molar-refractivity contribution in [2.24, 2.45) is 0 Å². The second-order valence-corrected chi connectivity index (χ2v) is 1.87. The first-order chi connectivity index (χ1) is 5.00. The smallest absolute Gasteiger partial charge is 0.330 e. The third-order valence-corrected chi connectivity index (χ3v) is 0.849. The van der Waals surface area contributed by atoms with Crippen LogP contribution in [0.15, 0.2) is 12.7 Å². The topological polar surface area (TPSA) is 9.23 Å². The lowest BCUT2D eigenvalue weighted by Crippen LogP contribution is -2.32. The zero-order valence-electron chi connectivity index (χ0n) is 5.70. The van der Waals surface area contributed by atoms with E-state index in [1.807, 2.05) is 0 Å². The van der Waals surface area contributed by atoms with E-state index >= 15 is 0 Å². The average Bonchev–Trinajstić information content (AvgIpc) is 1.88. The first-order valence-corrected chi connectivity index (χ1v) is 2.85. The first kappa shape index (κ1) is 10.4. The number of rotatable bonds is 5. The maximum Gasteiger partial charge on any atom is 0.330 e. The minimum absolute atomic E-state index is 0.150. The van der Waals surface area contributed by atoms with Crippen LogP contribution in [0.3, 0.4) is 0 Å². The standard InChI is InChI=1S/C6H8F4O/c1-2-3-11-4-6(9,10)5(7)8/h2,5H,1,3-4H2. The van der Waals surface area contributed by atoms with Gasteiger partial charge in [0, 0.05) is 0 Å². The monoisotopic (exact) mass is 172 g/mol. The third kappa shape index (κ3) is 3.98. The Balaban J connectivity index is 3.63. The summed E-state index contributed by atoms with van der Waals surface area (Å²) in [6.45, 7) is 1.75. The fraction of sp³-hybridized carbons (Fsp3) is 0.667. The van der Waals surface area contributed by atoms with Crippen molar-refractivity contribution < 1.29 is 22.3 Å². The minimum Gasteiger partial charge on any atom is -0.371 e. The summed E-state index contributed by atoms with van der Waals surface area (Å²) in [7, 11) is 0. The van der Waals surface area contributed by atoms with Gasteiger partial charge in [-0.25, -0.2) is 8.78 Å². The highest BCUT2D eigenvalue weighted by Gasteiger charge is 2.40. The van der Waals surface area contributed by atoms with E-state index in [4.69, 9.17) is 0 Å². The van der Waals surface area contributed by atoms with Crippen LogP contribution in [0.25, 0.3) is 0 Å². The molecule has 0 unspecified atom stereocenters. The Morgan fingerprint density at radius 2 is 2.00 bits per heavy atom. The molecule has 0 saturated carbocycles. The van der Waals surface area contributed by atoms with Crippen LogP contribution in [0.1, 0.15) is 0 Å². The van der Waals surface area contributed by atoms with E-state index < -0.39 is 19.0 Å². The molecule has 0 aliphatic carbocycles. The van der Waals surface area contributed by atoms with E-state index in [-0.39, 0.29) is 6.61 Å². The van der Waals surface area contributed by atoms with Crippen LogP contribution in [-0.2, 0) is 4.74 Å². The maximum atomic E-state index is 12.0. The summed E-state index contributed by atoms with van der Waals surface area (Å²) in [5.74, 6) is -4.05. The van der Waals surface area contributed by atoms with Crippen molar-refractivity contribution >= 4 is 0 Å². The Morgan fingerprint density at radius 1 is 1.45 bits per heavy atom. The van der Waals surface area contributed by atoms with Gasteiger partial charge in [0.2, 0.25) is 0 Å². The van der Waals surface area contributed by atoms with Gasteiger partial charge in [-0.15, -0.1) is 6.58 Å². The van der Waals surface area contributed by atoms with Crippen molar-refractivity contribution in [3.63, 3.8) is 0 Å². The number of halogens is 4. The molecule has 0 aromatic carbocycles. The summed E-state index contributed by atoms with van der Waals surface area (Å²) in [6, 6.07) is 0. The van der Waals surface area contributed by atoms with Crippen LogP contribution >= 0.6 is 0 Å². The largest absolute Gasteiger partial charge is 0.371 e. The molecule has 66 valence electrons. The molecule has 0 spiro atoms. The van der Waals surface area contributed by atoms with Crippen molar-refractivity contribution in [3.05, 3.63) is 12.7 Å². The predicted molar refractivity (Wildman–Crippen MR) is 32.0 cm³/mol. The van der Waals surface area contributed by atoms with E-state index in [1.165, 1.54) is 6.08 Å². The molecule has 5 heteroatoms. The Labute approximate surface area is 61.7 Å². The van der Waals surface area contributed by atoms with Gasteiger partial charge in [0.15, 0.2) is 0 Å². The molecule has 0 aliphatic rings. The minimum atomic E-state index is -4.05. The van der Waals surface area contributed by atoms with Crippen molar-refractivity contribution in [1.82, 2.24) is 0 Å². The molecule has 0 aromatic rings. The van der Waals surface area contributed by atoms with Crippen molar-refractivity contribution in [3.8, 4) is 0 Å². The van der Waals surface area contributed by atoms with Gasteiger partial charge in [-0.1, -0.05) is 6.08 Å². The number of hydrogen-bond acceptors (Lipinski definition) is 1. The molecule has 0 amide bonds. The summed E-state index contributed by atoms with van der Waals surface area (Å²) < 4.78 is 50.8. The molecule has 0 fully saturated rings. The molecule has 0 heterocycles. The summed E-state index contributed by atoms with van der Waals surface area (Å²) in [5.41, 5.74) is 0. The highest BCUT2D eigenvalue weighted by molar-refractivity contribution is 4.70. The lowest BCUT2D eigenvalue weighted by molar-refractivity contribution is -0.163. The second-order valence-electron chi connectivity index (χ2n) is 1.87. The number of alkyl halides is 4. The van der Waals surface area contributed by atoms with Gasteiger partial charge < -0.3 is 4.74 Å². The summed E-state index contributed by atoms with van der Waals surface area (Å²) in [4.78, 5) is 0. The SMILES string of the molecule is C=CCOCC(F)(F)C(F)F. The molecular formula is C6H8F4O. The highest BCUT2D eigenvalue weighted by Crippen LogP contribution is 2.22. The molecule has 0 aromatic heterocycles. The highest BCUT2D eigenvalue weighted by atomic mass is 19.3. The summed E-state index contributed by atoms with van der Waals surface area (Å²) in [5, 5.41) is 0. The van der Waals surface area contributed by atoms with E-state index in [0.29, 0.717) is 0 Å². The molecular weight excluding hydrogens is 164 g/mol. The number of hydrogen-bond donors (Lipinski definition) is 0. The Kier molecular flexibility index (Phi) is 4.10. The zero-order valence-corrected chi connectivity index (χ0v) is 5.70. The fourth-order valence-corrected chi connectivity index (χ4v) is 0.341. The van der Waals surface area contributed by atoms with Crippen LogP contribution in [0.4, 0.5) is 17.6 Å². The lowest BCUT2D eigenvalue weighted by atomic mass is 10.4. The second kappa shape index (κ2) is 4.33. The van der Waals surface area contributed by atoms with Gasteiger partial charge >= 0.3 is 12.3 Å². The van der Waals surface area contributed by atoms with Gasteiger partial charge in [0.1, 0.15) is 6.61 Å². The zero-order chi connectivity index (χ0) is 8.91. The Bertz CT molecular complexity index is 124. The van der Waals surface area contributed by atoms with Crippen molar-refractivity contribution in [1.29, 1.82) is 0 Å². The molecule has 0 radical (unpaired) electrons. The molecule has 11 heavy (non-hydrogen) atoms. The number of ether oxygens (including phenoxy) is 1. The van der Waals surface area contributed by atoms with Gasteiger partial charge in [-0.3, -0.25) is 0 Å². The molecule has 0 rings (SSSR count). The van der Waals surface area contributed by atoms with E-state index in [1.54, 1.807) is 0 Å². The molecule has 1 nitrogen and oxygen atoms in total. The molecule has 0 aliphatic heterocycles. The molecule has 0 bridgehead atoms. The Hall–Kier alpha value is -0.580. The van der Waals surface area contributed by atoms with Gasteiger partial charge in [0.05, 0.1) is 6.61 Å². The van der Waals surface area contributed by atoms with E-state index in [0.717, 1.165) is 0 Å². The van der Waals surface area contributed by atoms with Crippen molar-refractivity contribution in [2.75, 3.05) is 13.2 Å². The van der Waals surface area contributed by atoms with Crippen LogP contribution < -0.4 is 0 Å². The molecule has 0 N–H and O–H groups in total. The van der Waals surface area contributed by atoms with E-state index in [9.17, 15) is 17.6 Å².